The highest BCUT2D eigenvalue weighted by Crippen LogP contribution is 2.26. The number of halogens is 3. The van der Waals surface area contributed by atoms with Crippen LogP contribution >= 0.6 is 0 Å². The minimum Gasteiger partial charge on any atom is -0.494 e. The van der Waals surface area contributed by atoms with Gasteiger partial charge in [0.15, 0.2) is 0 Å². The summed E-state index contributed by atoms with van der Waals surface area (Å²) in [5, 5.41) is 1.59. The van der Waals surface area contributed by atoms with Crippen LogP contribution in [-0.2, 0) is 4.79 Å². The lowest BCUT2D eigenvalue weighted by Crippen LogP contribution is -2.42. The Morgan fingerprint density at radius 3 is 2.39 bits per heavy atom. The van der Waals surface area contributed by atoms with Gasteiger partial charge in [0, 0.05) is 43.5 Å². The molecular weight excluding hydrogens is 437 g/mol. The molecule has 2 amide bonds. The number of carbonyl (C=O) groups excluding carboxylic acids is 2. The van der Waals surface area contributed by atoms with Crippen molar-refractivity contribution in [3.8, 4) is 5.75 Å². The first-order valence-corrected chi connectivity index (χ1v) is 10.1. The highest BCUT2D eigenvalue weighted by molar-refractivity contribution is 5.98. The molecule has 0 radical (unpaired) electrons. The van der Waals surface area contributed by atoms with Crippen LogP contribution in [0, 0.1) is 0 Å². The summed E-state index contributed by atoms with van der Waals surface area (Å²) in [4.78, 5) is 30.0. The Labute approximate surface area is 188 Å². The van der Waals surface area contributed by atoms with E-state index in [1.165, 1.54) is 29.2 Å². The summed E-state index contributed by atoms with van der Waals surface area (Å²) in [5.41, 5.74) is 6.20. The van der Waals surface area contributed by atoms with E-state index in [1.54, 1.807) is 44.6 Å². The van der Waals surface area contributed by atoms with Crippen LogP contribution in [0.3, 0.4) is 0 Å². The van der Waals surface area contributed by atoms with Crippen LogP contribution in [0.4, 0.5) is 24.7 Å². The Morgan fingerprint density at radius 2 is 1.76 bits per heavy atom. The molecule has 0 unspecified atom stereocenters. The molecule has 3 rings (SSSR count). The second-order valence-corrected chi connectivity index (χ2v) is 7.48. The quantitative estimate of drug-likeness (QED) is 0.541. The standard InChI is InChI=1S/C23H23F3N4O3/c1-29(2)21(31)16-4-7-17(8-5-16)30(22(32)23(24,25)26)12-3-13-33-18-9-6-15-10-11-28-20(27)19(15)14-18/h4-11,14H,3,12-13H2,1-2H3,(H2,27,28). The maximum absolute atomic E-state index is 13.2. The monoisotopic (exact) mass is 460 g/mol. The van der Waals surface area contributed by atoms with Gasteiger partial charge in [-0.3, -0.25) is 9.59 Å². The molecule has 0 aliphatic rings. The van der Waals surface area contributed by atoms with Gasteiger partial charge in [-0.05, 0) is 54.3 Å². The smallest absolute Gasteiger partial charge is 0.471 e. The van der Waals surface area contributed by atoms with Gasteiger partial charge in [-0.15, -0.1) is 0 Å². The Hall–Kier alpha value is -3.82. The molecule has 174 valence electrons. The van der Waals surface area contributed by atoms with E-state index in [4.69, 9.17) is 10.5 Å². The van der Waals surface area contributed by atoms with E-state index in [0.29, 0.717) is 27.4 Å². The molecule has 0 bridgehead atoms. The van der Waals surface area contributed by atoms with Crippen LogP contribution in [0.5, 0.6) is 5.75 Å². The number of hydrogen-bond donors (Lipinski definition) is 1. The van der Waals surface area contributed by atoms with Crippen LogP contribution in [0.1, 0.15) is 16.8 Å². The first kappa shape index (κ1) is 23.8. The van der Waals surface area contributed by atoms with Crippen LogP contribution in [0.15, 0.2) is 54.7 Å². The van der Waals surface area contributed by atoms with Gasteiger partial charge in [0.05, 0.1) is 6.61 Å². The number of alkyl halides is 3. The van der Waals surface area contributed by atoms with Crippen molar-refractivity contribution in [1.82, 2.24) is 9.88 Å². The van der Waals surface area contributed by atoms with E-state index in [2.05, 4.69) is 4.98 Å². The number of nitrogens with two attached hydrogens (primary N) is 1. The van der Waals surface area contributed by atoms with Crippen molar-refractivity contribution < 1.29 is 27.5 Å². The Balaban J connectivity index is 1.69. The van der Waals surface area contributed by atoms with E-state index in [-0.39, 0.29) is 31.2 Å². The fraction of sp³-hybridized carbons (Fsp3) is 0.261. The third kappa shape index (κ3) is 5.71. The van der Waals surface area contributed by atoms with Crippen LogP contribution in [0.2, 0.25) is 0 Å². The molecule has 33 heavy (non-hydrogen) atoms. The zero-order valence-electron chi connectivity index (χ0n) is 18.1. The lowest BCUT2D eigenvalue weighted by Gasteiger charge is -2.24. The van der Waals surface area contributed by atoms with Crippen LogP contribution in [-0.4, -0.2) is 55.1 Å². The van der Waals surface area contributed by atoms with E-state index in [0.717, 1.165) is 5.39 Å². The van der Waals surface area contributed by atoms with E-state index in [9.17, 15) is 22.8 Å². The highest BCUT2D eigenvalue weighted by Gasteiger charge is 2.42. The lowest BCUT2D eigenvalue weighted by molar-refractivity contribution is -0.170. The summed E-state index contributed by atoms with van der Waals surface area (Å²) in [7, 11) is 3.13. The normalized spacial score (nSPS) is 11.3. The predicted molar refractivity (Wildman–Crippen MR) is 119 cm³/mol. The number of rotatable bonds is 7. The molecule has 0 saturated heterocycles. The van der Waals surface area contributed by atoms with Crippen LogP contribution < -0.4 is 15.4 Å². The lowest BCUT2D eigenvalue weighted by atomic mass is 10.1. The number of nitrogen functional groups attached to an aromatic ring is 1. The summed E-state index contributed by atoms with van der Waals surface area (Å²) < 4.78 is 45.1. The van der Waals surface area contributed by atoms with E-state index < -0.39 is 12.1 Å². The Bertz CT molecular complexity index is 1150. The third-order valence-electron chi connectivity index (χ3n) is 4.88. The summed E-state index contributed by atoms with van der Waals surface area (Å²) in [6, 6.07) is 12.4. The molecule has 3 aromatic rings. The van der Waals surface area contributed by atoms with Gasteiger partial charge in [0.1, 0.15) is 11.6 Å². The minimum absolute atomic E-state index is 0.0391. The number of nitrogens with zero attached hydrogens (tertiary/aromatic N) is 3. The fourth-order valence-corrected chi connectivity index (χ4v) is 3.22. The predicted octanol–water partition coefficient (Wildman–Crippen LogP) is 3.88. The van der Waals surface area contributed by atoms with E-state index >= 15 is 0 Å². The molecule has 2 N–H and O–H groups in total. The van der Waals surface area contributed by atoms with Crippen molar-refractivity contribution in [3.63, 3.8) is 0 Å². The zero-order chi connectivity index (χ0) is 24.2. The molecule has 0 saturated carbocycles. The van der Waals surface area contributed by atoms with Crippen molar-refractivity contribution in [1.29, 1.82) is 0 Å². The summed E-state index contributed by atoms with van der Waals surface area (Å²) >= 11 is 0. The van der Waals surface area contributed by atoms with Gasteiger partial charge in [-0.25, -0.2) is 4.98 Å². The largest absolute Gasteiger partial charge is 0.494 e. The highest BCUT2D eigenvalue weighted by atomic mass is 19.4. The average molecular weight is 460 g/mol. The number of pyridine rings is 1. The topological polar surface area (TPSA) is 88.8 Å². The van der Waals surface area contributed by atoms with Crippen molar-refractivity contribution in [3.05, 3.63) is 60.3 Å². The number of fused-ring (bicyclic) bond motifs is 1. The van der Waals surface area contributed by atoms with Gasteiger partial charge in [0.2, 0.25) is 0 Å². The number of carbonyl (C=O) groups is 2. The van der Waals surface area contributed by atoms with Gasteiger partial charge in [-0.1, -0.05) is 6.07 Å². The molecular formula is C23H23F3N4O3. The van der Waals surface area contributed by atoms with Crippen molar-refractivity contribution in [2.24, 2.45) is 0 Å². The maximum atomic E-state index is 13.2. The second-order valence-electron chi connectivity index (χ2n) is 7.48. The van der Waals surface area contributed by atoms with Gasteiger partial charge >= 0.3 is 12.1 Å². The molecule has 0 aliphatic carbocycles. The number of amides is 2. The molecule has 2 aromatic carbocycles. The minimum atomic E-state index is -5.04. The average Bonchev–Trinajstić information content (AvgIpc) is 2.78. The van der Waals surface area contributed by atoms with Crippen LogP contribution in [0.25, 0.3) is 10.8 Å². The zero-order valence-corrected chi connectivity index (χ0v) is 18.1. The molecule has 0 fully saturated rings. The number of hydrogen-bond acceptors (Lipinski definition) is 5. The molecule has 1 aromatic heterocycles. The summed E-state index contributed by atoms with van der Waals surface area (Å²) in [5.74, 6) is -1.45. The van der Waals surface area contributed by atoms with Gasteiger partial charge < -0.3 is 20.3 Å². The number of aromatic nitrogens is 1. The molecule has 10 heteroatoms. The second kappa shape index (κ2) is 9.76. The first-order valence-electron chi connectivity index (χ1n) is 10.1. The number of ether oxygens (including phenoxy) is 1. The summed E-state index contributed by atoms with van der Waals surface area (Å²) in [6.07, 6.45) is -3.31. The molecule has 1 heterocycles. The molecule has 0 aliphatic heterocycles. The van der Waals surface area contributed by atoms with Crippen molar-refractivity contribution in [2.75, 3.05) is 37.9 Å². The fourth-order valence-electron chi connectivity index (χ4n) is 3.22. The number of anilines is 2. The maximum Gasteiger partial charge on any atom is 0.471 e. The van der Waals surface area contributed by atoms with Crippen molar-refractivity contribution >= 4 is 34.1 Å². The number of benzene rings is 2. The van der Waals surface area contributed by atoms with Gasteiger partial charge in [0.25, 0.3) is 5.91 Å². The third-order valence-corrected chi connectivity index (χ3v) is 4.88. The molecule has 7 nitrogen and oxygen atoms in total. The molecule has 0 atom stereocenters. The Kier molecular flexibility index (Phi) is 7.05. The Morgan fingerprint density at radius 1 is 1.06 bits per heavy atom. The SMILES string of the molecule is CN(C)C(=O)c1ccc(N(CCCOc2ccc3ccnc(N)c3c2)C(=O)C(F)(F)F)cc1. The molecule has 0 spiro atoms. The summed E-state index contributed by atoms with van der Waals surface area (Å²) in [6.45, 7) is -0.152. The van der Waals surface area contributed by atoms with Crippen molar-refractivity contribution in [2.45, 2.75) is 12.6 Å². The van der Waals surface area contributed by atoms with Gasteiger partial charge in [-0.2, -0.15) is 13.2 Å². The first-order chi connectivity index (χ1) is 15.6. The van der Waals surface area contributed by atoms with E-state index in [1.807, 2.05) is 0 Å².